The topological polar surface area (TPSA) is 25.8 Å². The lowest BCUT2D eigenvalue weighted by molar-refractivity contribution is 1.43. The van der Waals surface area contributed by atoms with E-state index >= 15 is 0 Å². The average molecular weight is 659 g/mol. The van der Waals surface area contributed by atoms with Crippen molar-refractivity contribution in [2.75, 3.05) is 0 Å². The smallest absolute Gasteiger partial charge is 0.133 e. The summed E-state index contributed by atoms with van der Waals surface area (Å²) in [6.45, 7) is 0. The molecule has 2 nitrogen and oxygen atoms in total. The molecule has 0 radical (unpaired) electrons. The van der Waals surface area contributed by atoms with Gasteiger partial charge in [0.1, 0.15) is 10.0 Å². The third-order valence-corrected chi connectivity index (χ3v) is 13.3. The molecule has 0 bridgehead atoms. The summed E-state index contributed by atoms with van der Waals surface area (Å²) in [5, 5.41) is 12.3. The summed E-state index contributed by atoms with van der Waals surface area (Å²) in [5.74, 6) is 0. The van der Waals surface area contributed by atoms with Gasteiger partial charge in [-0.1, -0.05) is 72.8 Å². The van der Waals surface area contributed by atoms with E-state index in [4.69, 9.17) is 9.97 Å². The summed E-state index contributed by atoms with van der Waals surface area (Å²) in [7, 11) is 0. The summed E-state index contributed by atoms with van der Waals surface area (Å²) in [4.78, 5) is 14.5. The van der Waals surface area contributed by atoms with E-state index in [0.717, 1.165) is 10.0 Å². The number of hydrogen-bond acceptors (Lipinski definition) is 6. The van der Waals surface area contributed by atoms with Gasteiger partial charge in [0.2, 0.25) is 0 Å². The van der Waals surface area contributed by atoms with Crippen LogP contribution in [0.1, 0.15) is 0 Å². The first kappa shape index (κ1) is 26.5. The zero-order chi connectivity index (χ0) is 30.2. The minimum absolute atomic E-state index is 1.07. The predicted molar refractivity (Wildman–Crippen MR) is 203 cm³/mol. The van der Waals surface area contributed by atoms with E-state index in [2.05, 4.69) is 121 Å². The Hall–Kier alpha value is -4.72. The molecule has 0 spiro atoms. The lowest BCUT2D eigenvalue weighted by Gasteiger charge is -2.04. The van der Waals surface area contributed by atoms with Crippen molar-refractivity contribution >= 4 is 97.8 Å². The van der Waals surface area contributed by atoms with Gasteiger partial charge >= 0.3 is 0 Å². The van der Waals surface area contributed by atoms with Gasteiger partial charge in [-0.3, -0.25) is 0 Å². The average Bonchev–Trinajstić information content (AvgIpc) is 3.90. The molecule has 0 aliphatic heterocycles. The van der Waals surface area contributed by atoms with Crippen LogP contribution in [0.25, 0.3) is 93.1 Å². The number of rotatable bonds is 4. The molecular weight excluding hydrogens is 637 g/mol. The molecule has 216 valence electrons. The maximum Gasteiger partial charge on any atom is 0.133 e. The number of benzene rings is 6. The monoisotopic (exact) mass is 658 g/mol. The van der Waals surface area contributed by atoms with E-state index in [1.165, 1.54) is 83.1 Å². The molecule has 0 aliphatic carbocycles. The molecule has 0 unspecified atom stereocenters. The second kappa shape index (κ2) is 10.4. The number of thiazole rings is 2. The summed E-state index contributed by atoms with van der Waals surface area (Å²) in [5.41, 5.74) is 2.43. The molecule has 4 aromatic heterocycles. The molecule has 10 rings (SSSR count). The van der Waals surface area contributed by atoms with Crippen molar-refractivity contribution in [2.45, 2.75) is 0 Å². The Morgan fingerprint density at radius 2 is 0.717 bits per heavy atom. The van der Waals surface area contributed by atoms with Gasteiger partial charge in [-0.05, 0) is 103 Å². The second-order valence-electron chi connectivity index (χ2n) is 11.5. The van der Waals surface area contributed by atoms with Crippen molar-refractivity contribution in [3.63, 3.8) is 0 Å². The fourth-order valence-corrected chi connectivity index (χ4v) is 10.6. The Bertz CT molecular complexity index is 2560. The summed E-state index contributed by atoms with van der Waals surface area (Å²) in [6.07, 6.45) is 4.04. The molecule has 0 saturated carbocycles. The van der Waals surface area contributed by atoms with Crippen molar-refractivity contribution in [3.8, 4) is 40.7 Å². The Balaban J connectivity index is 0.925. The Kier molecular flexibility index (Phi) is 5.99. The van der Waals surface area contributed by atoms with Crippen LogP contribution in [0.15, 0.2) is 134 Å². The van der Waals surface area contributed by atoms with Crippen LogP contribution in [-0.2, 0) is 0 Å². The number of nitrogens with zero attached hydrogens (tertiary/aromatic N) is 2. The number of hydrogen-bond donors (Lipinski definition) is 0. The highest BCUT2D eigenvalue weighted by atomic mass is 32.1. The highest BCUT2D eigenvalue weighted by molar-refractivity contribution is 7.33. The highest BCUT2D eigenvalue weighted by Crippen LogP contribution is 2.45. The van der Waals surface area contributed by atoms with E-state index in [1.54, 1.807) is 22.7 Å². The van der Waals surface area contributed by atoms with E-state index in [0.29, 0.717) is 0 Å². The third kappa shape index (κ3) is 4.49. The van der Waals surface area contributed by atoms with E-state index in [9.17, 15) is 0 Å². The van der Waals surface area contributed by atoms with Crippen LogP contribution in [-0.4, -0.2) is 9.97 Å². The standard InChI is InChI=1S/C40H22N2S4/c1-3-7-25-15-31-17-29(11-9-27(31)13-23(25)5-1)37-21-41-39(45-37)35-19-33-34(43-35)20-36(44-33)40-42-22-38(46-40)30-12-10-28-14-24-6-2-4-8-26(24)16-32(28)18-30/h1-22H. The van der Waals surface area contributed by atoms with Crippen LogP contribution >= 0.6 is 45.3 Å². The van der Waals surface area contributed by atoms with E-state index in [1.807, 2.05) is 35.1 Å². The van der Waals surface area contributed by atoms with E-state index < -0.39 is 0 Å². The molecule has 6 aromatic carbocycles. The fraction of sp³-hybridized carbons (Fsp3) is 0. The molecule has 0 atom stereocenters. The fourth-order valence-electron chi connectivity index (χ4n) is 6.28. The Morgan fingerprint density at radius 1 is 0.326 bits per heavy atom. The SMILES string of the molecule is c1ccc2cc3cc(-c4cnc(-c5cc6sc(-c7ncc(-c8ccc9cc%10ccccc%10cc9c8)s7)cc6s5)s4)ccc3cc2c1. The molecule has 4 heterocycles. The van der Waals surface area contributed by atoms with Gasteiger partial charge in [0.25, 0.3) is 0 Å². The van der Waals surface area contributed by atoms with Gasteiger partial charge in [-0.15, -0.1) is 45.3 Å². The van der Waals surface area contributed by atoms with Crippen molar-refractivity contribution in [2.24, 2.45) is 0 Å². The number of fused-ring (bicyclic) bond motifs is 5. The highest BCUT2D eigenvalue weighted by Gasteiger charge is 2.16. The summed E-state index contributed by atoms with van der Waals surface area (Å²) in [6, 6.07) is 44.3. The van der Waals surface area contributed by atoms with Gasteiger partial charge in [-0.25, -0.2) is 9.97 Å². The lowest BCUT2D eigenvalue weighted by atomic mass is 10.0. The molecule has 46 heavy (non-hydrogen) atoms. The van der Waals surface area contributed by atoms with Gasteiger partial charge in [0.05, 0.1) is 19.5 Å². The van der Waals surface area contributed by atoms with Gasteiger partial charge in [0, 0.05) is 21.8 Å². The van der Waals surface area contributed by atoms with Gasteiger partial charge < -0.3 is 0 Å². The number of thiophene rings is 2. The molecular formula is C40H22N2S4. The van der Waals surface area contributed by atoms with Crippen molar-refractivity contribution in [3.05, 3.63) is 134 Å². The maximum absolute atomic E-state index is 4.85. The largest absolute Gasteiger partial charge is 0.243 e. The van der Waals surface area contributed by atoms with Crippen molar-refractivity contribution in [1.29, 1.82) is 0 Å². The minimum Gasteiger partial charge on any atom is -0.243 e. The summed E-state index contributed by atoms with van der Waals surface area (Å²) >= 11 is 7.17. The molecule has 0 amide bonds. The van der Waals surface area contributed by atoms with Gasteiger partial charge in [-0.2, -0.15) is 0 Å². The Labute approximate surface area is 280 Å². The van der Waals surface area contributed by atoms with Crippen LogP contribution in [0, 0.1) is 0 Å². The van der Waals surface area contributed by atoms with Crippen molar-refractivity contribution in [1.82, 2.24) is 9.97 Å². The quantitative estimate of drug-likeness (QED) is 0.176. The molecule has 0 saturated heterocycles. The van der Waals surface area contributed by atoms with Crippen molar-refractivity contribution < 1.29 is 0 Å². The molecule has 10 aromatic rings. The third-order valence-electron chi connectivity index (χ3n) is 8.62. The van der Waals surface area contributed by atoms with Crippen LogP contribution in [0.4, 0.5) is 0 Å². The molecule has 0 fully saturated rings. The van der Waals surface area contributed by atoms with Crippen LogP contribution in [0.5, 0.6) is 0 Å². The normalized spacial score (nSPS) is 11.9. The Morgan fingerprint density at radius 3 is 1.15 bits per heavy atom. The summed E-state index contributed by atoms with van der Waals surface area (Å²) < 4.78 is 2.58. The first-order valence-electron chi connectivity index (χ1n) is 15.0. The van der Waals surface area contributed by atoms with Crippen LogP contribution in [0.2, 0.25) is 0 Å². The van der Waals surface area contributed by atoms with Crippen LogP contribution in [0.3, 0.4) is 0 Å². The predicted octanol–water partition coefficient (Wildman–Crippen LogP) is 13.2. The molecule has 0 N–H and O–H groups in total. The van der Waals surface area contributed by atoms with Gasteiger partial charge in [0.15, 0.2) is 0 Å². The number of aromatic nitrogens is 2. The first-order chi connectivity index (χ1) is 22.7. The molecule has 6 heteroatoms. The molecule has 0 aliphatic rings. The van der Waals surface area contributed by atoms with Crippen LogP contribution < -0.4 is 0 Å². The minimum atomic E-state index is 1.07. The van der Waals surface area contributed by atoms with E-state index in [-0.39, 0.29) is 0 Å². The first-order valence-corrected chi connectivity index (χ1v) is 18.3. The zero-order valence-corrected chi connectivity index (χ0v) is 27.5. The maximum atomic E-state index is 4.85. The second-order valence-corrected chi connectivity index (χ2v) is 15.8. The lowest BCUT2D eigenvalue weighted by Crippen LogP contribution is -1.78. The zero-order valence-electron chi connectivity index (χ0n) is 24.2.